The summed E-state index contributed by atoms with van der Waals surface area (Å²) in [4.78, 5) is 0. The topological polar surface area (TPSA) is 20.7 Å². The molecule has 1 heterocycles. The van der Waals surface area contributed by atoms with E-state index in [0.29, 0.717) is 0 Å². The summed E-state index contributed by atoms with van der Waals surface area (Å²) >= 11 is 5.30. The fraction of sp³-hybridized carbons (Fsp3) is 0.308. The normalized spacial score (nSPS) is 10.6. The van der Waals surface area contributed by atoms with Crippen molar-refractivity contribution in [3.05, 3.63) is 51.8 Å². The molecule has 2 rings (SSSR count). The van der Waals surface area contributed by atoms with Crippen LogP contribution in [-0.2, 0) is 13.0 Å². The van der Waals surface area contributed by atoms with Crippen LogP contribution < -0.4 is 0 Å². The number of aromatic amines is 1. The zero-order valence-corrected chi connectivity index (χ0v) is 10.5. The molecule has 3 heteroatoms. The van der Waals surface area contributed by atoms with E-state index in [4.69, 9.17) is 12.2 Å². The standard InChI is InChI=1S/C13H16N2S/c1-3-12-8-13(16)15(14-12)9-11-6-4-5-10(2)7-11/h4-8,14H,3,9H2,1-2H3. The van der Waals surface area contributed by atoms with Crippen molar-refractivity contribution < 1.29 is 0 Å². The summed E-state index contributed by atoms with van der Waals surface area (Å²) in [7, 11) is 0. The second kappa shape index (κ2) is 4.66. The molecule has 0 fully saturated rings. The molecule has 0 bridgehead atoms. The molecule has 0 aliphatic rings. The Morgan fingerprint density at radius 3 is 2.75 bits per heavy atom. The van der Waals surface area contributed by atoms with Crippen LogP contribution >= 0.6 is 12.2 Å². The minimum atomic E-state index is 0.820. The van der Waals surface area contributed by atoms with E-state index in [1.54, 1.807) is 0 Å². The molecule has 0 spiro atoms. The van der Waals surface area contributed by atoms with Crippen molar-refractivity contribution in [3.63, 3.8) is 0 Å². The SMILES string of the molecule is CCc1cc(=S)n(Cc2cccc(C)c2)[nH]1. The molecule has 84 valence electrons. The van der Waals surface area contributed by atoms with Crippen LogP contribution in [0, 0.1) is 11.6 Å². The first-order valence-corrected chi connectivity index (χ1v) is 5.94. The van der Waals surface area contributed by atoms with Crippen molar-refractivity contribution in [3.8, 4) is 0 Å². The van der Waals surface area contributed by atoms with Crippen LogP contribution in [0.15, 0.2) is 30.3 Å². The first-order valence-electron chi connectivity index (χ1n) is 5.53. The molecule has 16 heavy (non-hydrogen) atoms. The highest BCUT2D eigenvalue weighted by molar-refractivity contribution is 7.71. The van der Waals surface area contributed by atoms with Crippen molar-refractivity contribution in [2.45, 2.75) is 26.8 Å². The van der Waals surface area contributed by atoms with E-state index in [1.165, 1.54) is 16.8 Å². The van der Waals surface area contributed by atoms with Gasteiger partial charge < -0.3 is 5.10 Å². The lowest BCUT2D eigenvalue weighted by Gasteiger charge is -2.04. The van der Waals surface area contributed by atoms with Crippen LogP contribution in [0.25, 0.3) is 0 Å². The molecule has 0 saturated carbocycles. The highest BCUT2D eigenvalue weighted by Crippen LogP contribution is 2.08. The highest BCUT2D eigenvalue weighted by Gasteiger charge is 2.00. The van der Waals surface area contributed by atoms with Crippen LogP contribution in [0.5, 0.6) is 0 Å². The third-order valence-electron chi connectivity index (χ3n) is 2.65. The number of H-pyrrole nitrogens is 1. The largest absolute Gasteiger partial charge is 0.301 e. The van der Waals surface area contributed by atoms with Gasteiger partial charge in [-0.15, -0.1) is 0 Å². The zero-order chi connectivity index (χ0) is 11.5. The zero-order valence-electron chi connectivity index (χ0n) is 9.66. The van der Waals surface area contributed by atoms with Gasteiger partial charge in [-0.3, -0.25) is 4.68 Å². The molecule has 1 N–H and O–H groups in total. The van der Waals surface area contributed by atoms with Gasteiger partial charge in [-0.25, -0.2) is 0 Å². The minimum Gasteiger partial charge on any atom is -0.301 e. The summed E-state index contributed by atoms with van der Waals surface area (Å²) in [6.07, 6.45) is 0.991. The van der Waals surface area contributed by atoms with Gasteiger partial charge in [-0.1, -0.05) is 49.0 Å². The summed E-state index contributed by atoms with van der Waals surface area (Å²) in [6, 6.07) is 10.5. The van der Waals surface area contributed by atoms with Gasteiger partial charge >= 0.3 is 0 Å². The maximum absolute atomic E-state index is 5.30. The summed E-state index contributed by atoms with van der Waals surface area (Å²) < 4.78 is 2.89. The summed E-state index contributed by atoms with van der Waals surface area (Å²) in [6.45, 7) is 5.05. The number of nitrogens with zero attached hydrogens (tertiary/aromatic N) is 1. The van der Waals surface area contributed by atoms with E-state index in [-0.39, 0.29) is 0 Å². The molecule has 0 saturated heterocycles. The second-order valence-electron chi connectivity index (χ2n) is 4.05. The molecule has 0 amide bonds. The molecule has 2 nitrogen and oxygen atoms in total. The number of rotatable bonds is 3. The maximum atomic E-state index is 5.30. The average Bonchev–Trinajstić information content (AvgIpc) is 2.60. The van der Waals surface area contributed by atoms with Gasteiger partial charge in [0.1, 0.15) is 4.64 Å². The molecule has 1 aromatic heterocycles. The predicted octanol–water partition coefficient (Wildman–Crippen LogP) is 3.46. The van der Waals surface area contributed by atoms with E-state index < -0.39 is 0 Å². The Kier molecular flexibility index (Phi) is 3.25. The Hall–Kier alpha value is -1.35. The number of benzene rings is 1. The van der Waals surface area contributed by atoms with Gasteiger partial charge in [0.25, 0.3) is 0 Å². The first-order chi connectivity index (χ1) is 7.69. The van der Waals surface area contributed by atoms with Crippen LogP contribution in [-0.4, -0.2) is 9.78 Å². The Bertz CT molecular complexity index is 537. The maximum Gasteiger partial charge on any atom is 0.122 e. The number of hydrogen-bond donors (Lipinski definition) is 1. The van der Waals surface area contributed by atoms with Crippen molar-refractivity contribution in [2.75, 3.05) is 0 Å². The van der Waals surface area contributed by atoms with Crippen LogP contribution in [0.4, 0.5) is 0 Å². The smallest absolute Gasteiger partial charge is 0.122 e. The molecule has 1 aromatic carbocycles. The predicted molar refractivity (Wildman–Crippen MR) is 69.3 cm³/mol. The number of aryl methyl sites for hydroxylation is 2. The average molecular weight is 232 g/mol. The van der Waals surface area contributed by atoms with Crippen molar-refractivity contribution in [2.24, 2.45) is 0 Å². The molecule has 0 unspecified atom stereocenters. The number of nitrogens with one attached hydrogen (secondary N) is 1. The number of hydrogen-bond acceptors (Lipinski definition) is 1. The Balaban J connectivity index is 2.26. The summed E-state index contributed by atoms with van der Waals surface area (Å²) in [5, 5.41) is 3.31. The van der Waals surface area contributed by atoms with E-state index in [1.807, 2.05) is 10.7 Å². The van der Waals surface area contributed by atoms with Crippen LogP contribution in [0.1, 0.15) is 23.7 Å². The highest BCUT2D eigenvalue weighted by atomic mass is 32.1. The van der Waals surface area contributed by atoms with Gasteiger partial charge in [0.2, 0.25) is 0 Å². The van der Waals surface area contributed by atoms with Crippen LogP contribution in [0.2, 0.25) is 0 Å². The van der Waals surface area contributed by atoms with Gasteiger partial charge in [0.15, 0.2) is 0 Å². The van der Waals surface area contributed by atoms with Crippen molar-refractivity contribution in [1.82, 2.24) is 9.78 Å². The van der Waals surface area contributed by atoms with Gasteiger partial charge in [-0.05, 0) is 25.0 Å². The van der Waals surface area contributed by atoms with E-state index in [0.717, 1.165) is 17.6 Å². The van der Waals surface area contributed by atoms with E-state index in [9.17, 15) is 0 Å². The second-order valence-corrected chi connectivity index (χ2v) is 4.47. The van der Waals surface area contributed by atoms with Gasteiger partial charge in [-0.2, -0.15) is 0 Å². The van der Waals surface area contributed by atoms with Crippen molar-refractivity contribution in [1.29, 1.82) is 0 Å². The number of aromatic nitrogens is 2. The lowest BCUT2D eigenvalue weighted by atomic mass is 10.1. The van der Waals surface area contributed by atoms with Crippen LogP contribution in [0.3, 0.4) is 0 Å². The van der Waals surface area contributed by atoms with E-state index in [2.05, 4.69) is 43.2 Å². The molecule has 0 aliphatic carbocycles. The third-order valence-corrected chi connectivity index (χ3v) is 2.98. The quantitative estimate of drug-likeness (QED) is 0.804. The van der Waals surface area contributed by atoms with Gasteiger partial charge in [0.05, 0.1) is 6.54 Å². The first kappa shape index (κ1) is 11.1. The molecule has 0 aliphatic heterocycles. The Labute approximate surface area is 101 Å². The monoisotopic (exact) mass is 232 g/mol. The molecule has 0 radical (unpaired) electrons. The minimum absolute atomic E-state index is 0.820. The Morgan fingerprint density at radius 2 is 2.12 bits per heavy atom. The van der Waals surface area contributed by atoms with Crippen molar-refractivity contribution >= 4 is 12.2 Å². The molecule has 2 aromatic rings. The molecular weight excluding hydrogens is 216 g/mol. The third kappa shape index (κ3) is 2.42. The molecule has 0 atom stereocenters. The van der Waals surface area contributed by atoms with E-state index >= 15 is 0 Å². The lowest BCUT2D eigenvalue weighted by Crippen LogP contribution is -2.02. The van der Waals surface area contributed by atoms with Gasteiger partial charge in [0, 0.05) is 5.69 Å². The summed E-state index contributed by atoms with van der Waals surface area (Å²) in [5.74, 6) is 0. The lowest BCUT2D eigenvalue weighted by molar-refractivity contribution is 0.665. The summed E-state index contributed by atoms with van der Waals surface area (Å²) in [5.41, 5.74) is 3.75. The molecular formula is C13H16N2S. The fourth-order valence-electron chi connectivity index (χ4n) is 1.78. The fourth-order valence-corrected chi connectivity index (χ4v) is 2.03. The Morgan fingerprint density at radius 1 is 1.31 bits per heavy atom.